The van der Waals surface area contributed by atoms with Crippen molar-refractivity contribution in [1.82, 2.24) is 15.5 Å². The van der Waals surface area contributed by atoms with Crippen LogP contribution in [0, 0.1) is 6.92 Å². The van der Waals surface area contributed by atoms with Crippen molar-refractivity contribution in [3.8, 4) is 5.75 Å². The maximum absolute atomic E-state index is 5.92. The minimum Gasteiger partial charge on any atom is -0.491 e. The molecule has 7 heteroatoms. The first kappa shape index (κ1) is 27.9. The zero-order chi connectivity index (χ0) is 20.9. The number of ether oxygens (including phenoxy) is 2. The molecule has 0 aliphatic rings. The molecule has 29 heavy (non-hydrogen) atoms. The van der Waals surface area contributed by atoms with Gasteiger partial charge in [0.1, 0.15) is 12.4 Å². The number of aryl methyl sites for hydroxylation is 1. The average Bonchev–Trinajstić information content (AvgIpc) is 2.65. The molecule has 0 saturated carbocycles. The van der Waals surface area contributed by atoms with Gasteiger partial charge in [-0.1, -0.05) is 12.1 Å². The van der Waals surface area contributed by atoms with Crippen molar-refractivity contribution < 1.29 is 9.47 Å². The third kappa shape index (κ3) is 11.1. The fourth-order valence-electron chi connectivity index (χ4n) is 3.11. The Labute approximate surface area is 194 Å². The van der Waals surface area contributed by atoms with E-state index in [0.717, 1.165) is 30.4 Å². The molecule has 0 unspecified atom stereocenters. The quantitative estimate of drug-likeness (QED) is 0.190. The molecule has 1 aromatic rings. The maximum atomic E-state index is 5.92. The number of benzene rings is 1. The average molecular weight is 521 g/mol. The molecule has 0 spiro atoms. The summed E-state index contributed by atoms with van der Waals surface area (Å²) in [6.45, 7) is 17.3. The van der Waals surface area contributed by atoms with Crippen molar-refractivity contribution in [1.29, 1.82) is 0 Å². The van der Waals surface area contributed by atoms with E-state index in [9.17, 15) is 0 Å². The van der Waals surface area contributed by atoms with Gasteiger partial charge in [-0.05, 0) is 53.2 Å². The summed E-state index contributed by atoms with van der Waals surface area (Å²) in [5.74, 6) is 1.70. The van der Waals surface area contributed by atoms with Crippen LogP contribution in [0.1, 0.15) is 45.7 Å². The normalized spacial score (nSPS) is 11.7. The van der Waals surface area contributed by atoms with E-state index in [1.54, 1.807) is 7.05 Å². The van der Waals surface area contributed by atoms with E-state index in [0.29, 0.717) is 38.4 Å². The van der Waals surface area contributed by atoms with Crippen LogP contribution in [-0.4, -0.2) is 62.9 Å². The molecule has 1 aromatic carbocycles. The zero-order valence-electron chi connectivity index (χ0n) is 19.2. The van der Waals surface area contributed by atoms with Gasteiger partial charge in [0, 0.05) is 50.9 Å². The third-order valence-electron chi connectivity index (χ3n) is 4.57. The maximum Gasteiger partial charge on any atom is 0.191 e. The molecule has 1 rings (SSSR count). The van der Waals surface area contributed by atoms with Gasteiger partial charge in [-0.2, -0.15) is 0 Å². The van der Waals surface area contributed by atoms with E-state index >= 15 is 0 Å². The summed E-state index contributed by atoms with van der Waals surface area (Å²) >= 11 is 0. The van der Waals surface area contributed by atoms with Crippen LogP contribution in [0.25, 0.3) is 0 Å². The molecule has 6 nitrogen and oxygen atoms in total. The van der Waals surface area contributed by atoms with E-state index in [-0.39, 0.29) is 24.0 Å². The van der Waals surface area contributed by atoms with Gasteiger partial charge in [0.25, 0.3) is 0 Å². The Morgan fingerprint density at radius 1 is 1.10 bits per heavy atom. The van der Waals surface area contributed by atoms with Gasteiger partial charge in [0.15, 0.2) is 5.96 Å². The number of nitrogens with zero attached hydrogens (tertiary/aromatic N) is 2. The lowest BCUT2D eigenvalue weighted by atomic mass is 10.1. The number of rotatable bonds is 12. The Morgan fingerprint density at radius 3 is 2.38 bits per heavy atom. The highest BCUT2D eigenvalue weighted by Gasteiger charge is 2.13. The number of hydrogen-bond acceptors (Lipinski definition) is 4. The standard InChI is InChI=1S/C22H40N4O2.HI/c1-8-27-13-14-28-21-15-19(6)9-10-20(21)16-25-22(23-7)24-11-12-26(17(2)3)18(4)5;/h9-10,15,17-18H,8,11-14,16H2,1-7H3,(H2,23,24,25);1H. The Balaban J connectivity index is 0.00000784. The number of halogens is 1. The smallest absolute Gasteiger partial charge is 0.191 e. The zero-order valence-corrected chi connectivity index (χ0v) is 21.6. The first-order valence-electron chi connectivity index (χ1n) is 10.4. The highest BCUT2D eigenvalue weighted by molar-refractivity contribution is 14.0. The van der Waals surface area contributed by atoms with Crippen molar-refractivity contribution in [3.05, 3.63) is 29.3 Å². The Hall–Kier alpha value is -1.06. The van der Waals surface area contributed by atoms with Gasteiger partial charge in [0.2, 0.25) is 0 Å². The van der Waals surface area contributed by atoms with Crippen LogP contribution in [0.2, 0.25) is 0 Å². The molecule has 0 radical (unpaired) electrons. The molecule has 0 fully saturated rings. The lowest BCUT2D eigenvalue weighted by molar-refractivity contribution is 0.110. The molecule has 0 aliphatic heterocycles. The fourth-order valence-corrected chi connectivity index (χ4v) is 3.11. The van der Waals surface area contributed by atoms with Crippen LogP contribution in [0.15, 0.2) is 23.2 Å². The van der Waals surface area contributed by atoms with Gasteiger partial charge in [-0.15, -0.1) is 24.0 Å². The van der Waals surface area contributed by atoms with Crippen LogP contribution in [0.3, 0.4) is 0 Å². The van der Waals surface area contributed by atoms with Crippen LogP contribution >= 0.6 is 24.0 Å². The third-order valence-corrected chi connectivity index (χ3v) is 4.57. The molecule has 0 aromatic heterocycles. The lowest BCUT2D eigenvalue weighted by Gasteiger charge is -2.30. The molecule has 0 aliphatic carbocycles. The summed E-state index contributed by atoms with van der Waals surface area (Å²) < 4.78 is 11.3. The van der Waals surface area contributed by atoms with Crippen molar-refractivity contribution in [2.45, 2.75) is 60.2 Å². The van der Waals surface area contributed by atoms with E-state index in [1.165, 1.54) is 5.56 Å². The van der Waals surface area contributed by atoms with Crippen molar-refractivity contribution in [3.63, 3.8) is 0 Å². The van der Waals surface area contributed by atoms with Gasteiger partial charge in [0.05, 0.1) is 6.61 Å². The molecule has 0 saturated heterocycles. The summed E-state index contributed by atoms with van der Waals surface area (Å²) in [6, 6.07) is 7.33. The second-order valence-electron chi connectivity index (χ2n) is 7.43. The summed E-state index contributed by atoms with van der Waals surface area (Å²) in [4.78, 5) is 6.80. The monoisotopic (exact) mass is 520 g/mol. The molecule has 0 heterocycles. The highest BCUT2D eigenvalue weighted by Crippen LogP contribution is 2.20. The lowest BCUT2D eigenvalue weighted by Crippen LogP contribution is -2.45. The largest absolute Gasteiger partial charge is 0.491 e. The predicted molar refractivity (Wildman–Crippen MR) is 134 cm³/mol. The molecule has 0 amide bonds. The molecule has 0 atom stereocenters. The van der Waals surface area contributed by atoms with Crippen molar-refractivity contribution in [2.75, 3.05) is 40.0 Å². The van der Waals surface area contributed by atoms with E-state index in [4.69, 9.17) is 9.47 Å². The fraction of sp³-hybridized carbons (Fsp3) is 0.682. The summed E-state index contributed by atoms with van der Waals surface area (Å²) in [5.41, 5.74) is 2.29. The molecule has 168 valence electrons. The number of aliphatic imine (C=N–C) groups is 1. The van der Waals surface area contributed by atoms with Gasteiger partial charge in [-0.25, -0.2) is 0 Å². The number of hydrogen-bond donors (Lipinski definition) is 2. The Morgan fingerprint density at radius 2 is 1.79 bits per heavy atom. The minimum absolute atomic E-state index is 0. The van der Waals surface area contributed by atoms with Gasteiger partial charge in [-0.3, -0.25) is 9.89 Å². The second-order valence-corrected chi connectivity index (χ2v) is 7.43. The molecule has 2 N–H and O–H groups in total. The number of guanidine groups is 1. The van der Waals surface area contributed by atoms with Crippen molar-refractivity contribution >= 4 is 29.9 Å². The van der Waals surface area contributed by atoms with E-state index < -0.39 is 0 Å². The van der Waals surface area contributed by atoms with Crippen LogP contribution < -0.4 is 15.4 Å². The van der Waals surface area contributed by atoms with E-state index in [2.05, 4.69) is 73.3 Å². The second kappa shape index (κ2) is 15.7. The minimum atomic E-state index is 0. The first-order chi connectivity index (χ1) is 13.4. The van der Waals surface area contributed by atoms with Crippen LogP contribution in [0.5, 0.6) is 5.75 Å². The SMILES string of the molecule is CCOCCOc1cc(C)ccc1CNC(=NC)NCCN(C(C)C)C(C)C.I. The van der Waals surface area contributed by atoms with Gasteiger partial charge >= 0.3 is 0 Å². The Kier molecular flexibility index (Phi) is 15.2. The number of nitrogens with one attached hydrogen (secondary N) is 2. The van der Waals surface area contributed by atoms with Crippen molar-refractivity contribution in [2.24, 2.45) is 4.99 Å². The molecular formula is C22H41IN4O2. The van der Waals surface area contributed by atoms with Gasteiger partial charge < -0.3 is 20.1 Å². The first-order valence-corrected chi connectivity index (χ1v) is 10.4. The molecular weight excluding hydrogens is 479 g/mol. The highest BCUT2D eigenvalue weighted by atomic mass is 127. The summed E-state index contributed by atoms with van der Waals surface area (Å²) in [5, 5.41) is 6.80. The Bertz CT molecular complexity index is 586. The van der Waals surface area contributed by atoms with Crippen LogP contribution in [-0.2, 0) is 11.3 Å². The summed E-state index contributed by atoms with van der Waals surface area (Å²) in [6.07, 6.45) is 0. The topological polar surface area (TPSA) is 58.1 Å². The van der Waals surface area contributed by atoms with E-state index in [1.807, 2.05) is 6.92 Å². The predicted octanol–water partition coefficient (Wildman–Crippen LogP) is 3.81. The summed E-state index contributed by atoms with van der Waals surface area (Å²) in [7, 11) is 1.80. The van der Waals surface area contributed by atoms with Crippen LogP contribution in [0.4, 0.5) is 0 Å². The molecule has 0 bridgehead atoms.